The maximum Gasteiger partial charge on any atom is 0.323 e. The molecule has 0 fully saturated rings. The van der Waals surface area contributed by atoms with E-state index in [9.17, 15) is 9.59 Å². The first-order valence-corrected chi connectivity index (χ1v) is 11.1. The minimum absolute atomic E-state index is 0.0377. The van der Waals surface area contributed by atoms with Gasteiger partial charge in [0, 0.05) is 35.2 Å². The molecule has 4 rings (SSSR count). The summed E-state index contributed by atoms with van der Waals surface area (Å²) >= 11 is 6.10. The second-order valence-corrected chi connectivity index (χ2v) is 7.91. The Morgan fingerprint density at radius 3 is 2.51 bits per heavy atom. The van der Waals surface area contributed by atoms with E-state index in [4.69, 9.17) is 26.0 Å². The second-order valence-electron chi connectivity index (χ2n) is 7.47. The summed E-state index contributed by atoms with van der Waals surface area (Å²) in [5.41, 5.74) is 1.70. The van der Waals surface area contributed by atoms with Crippen molar-refractivity contribution < 1.29 is 24.0 Å². The molecule has 10 heteroatoms. The van der Waals surface area contributed by atoms with Crippen molar-refractivity contribution in [2.24, 2.45) is 0 Å². The van der Waals surface area contributed by atoms with E-state index in [0.717, 1.165) is 0 Å². The van der Waals surface area contributed by atoms with Gasteiger partial charge in [0.2, 0.25) is 11.7 Å². The lowest BCUT2D eigenvalue weighted by Crippen LogP contribution is -2.19. The van der Waals surface area contributed by atoms with Crippen LogP contribution in [0.4, 0.5) is 16.2 Å². The summed E-state index contributed by atoms with van der Waals surface area (Å²) in [6.07, 6.45) is 0.844. The highest BCUT2D eigenvalue weighted by Gasteiger charge is 2.12. The summed E-state index contributed by atoms with van der Waals surface area (Å²) in [5.74, 6) is 0.910. The molecule has 1 aromatic heterocycles. The molecule has 9 nitrogen and oxygen atoms in total. The third-order valence-corrected chi connectivity index (χ3v) is 5.05. The van der Waals surface area contributed by atoms with Gasteiger partial charge in [-0.3, -0.25) is 4.79 Å². The molecule has 0 unspecified atom stereocenters. The molecule has 178 valence electrons. The summed E-state index contributed by atoms with van der Waals surface area (Å²) in [5, 5.41) is 18.6. The molecule has 3 aromatic carbocycles. The average Bonchev–Trinajstić information content (AvgIpc) is 3.31. The van der Waals surface area contributed by atoms with Gasteiger partial charge in [-0.2, -0.15) is 4.98 Å². The Labute approximate surface area is 205 Å². The van der Waals surface area contributed by atoms with E-state index in [1.54, 1.807) is 54.6 Å². The maximum atomic E-state index is 12.6. The predicted molar refractivity (Wildman–Crippen MR) is 131 cm³/mol. The van der Waals surface area contributed by atoms with Gasteiger partial charge in [-0.1, -0.05) is 35.0 Å². The number of carboxylic acids is 1. The van der Waals surface area contributed by atoms with Gasteiger partial charge in [0.15, 0.2) is 5.75 Å². The van der Waals surface area contributed by atoms with Crippen LogP contribution >= 0.6 is 11.6 Å². The summed E-state index contributed by atoms with van der Waals surface area (Å²) < 4.78 is 11.0. The number of carbonyl (C=O) groups excluding carboxylic acids is 1. The monoisotopic (exact) mass is 492 g/mol. The number of carboxylic acid groups (broad SMARTS) is 1. The molecule has 0 radical (unpaired) electrons. The van der Waals surface area contributed by atoms with Gasteiger partial charge in [0.25, 0.3) is 0 Å². The lowest BCUT2D eigenvalue weighted by atomic mass is 10.2. The average molecular weight is 493 g/mol. The minimum Gasteiger partial charge on any atom is -0.481 e. The van der Waals surface area contributed by atoms with Crippen LogP contribution in [0.2, 0.25) is 5.02 Å². The number of para-hydroxylation sites is 1. The fourth-order valence-electron chi connectivity index (χ4n) is 3.15. The van der Waals surface area contributed by atoms with Crippen molar-refractivity contribution in [1.82, 2.24) is 10.1 Å². The van der Waals surface area contributed by atoms with Gasteiger partial charge in [0.1, 0.15) is 5.75 Å². The van der Waals surface area contributed by atoms with E-state index in [0.29, 0.717) is 58.0 Å². The highest BCUT2D eigenvalue weighted by atomic mass is 35.5. The molecule has 0 aliphatic carbocycles. The zero-order valence-corrected chi connectivity index (χ0v) is 19.2. The number of amides is 2. The Kier molecular flexibility index (Phi) is 7.59. The fraction of sp³-hybridized carbons (Fsp3) is 0.120. The SMILES string of the molecule is O=C(O)CCCc1nc(-c2ccc(NC(=O)Nc3ccc(Cl)cc3Oc3ccccc3)cc2)no1. The molecular weight excluding hydrogens is 472 g/mol. The zero-order valence-electron chi connectivity index (χ0n) is 18.4. The first kappa shape index (κ1) is 23.8. The molecule has 0 aliphatic heterocycles. The second kappa shape index (κ2) is 11.2. The molecule has 0 atom stereocenters. The third kappa shape index (κ3) is 6.81. The molecule has 0 aliphatic rings. The Balaban J connectivity index is 1.37. The zero-order chi connectivity index (χ0) is 24.6. The summed E-state index contributed by atoms with van der Waals surface area (Å²) in [4.78, 5) is 27.5. The highest BCUT2D eigenvalue weighted by Crippen LogP contribution is 2.32. The number of anilines is 2. The minimum atomic E-state index is -0.868. The van der Waals surface area contributed by atoms with Crippen molar-refractivity contribution in [2.75, 3.05) is 10.6 Å². The molecule has 0 saturated carbocycles. The van der Waals surface area contributed by atoms with E-state index in [1.807, 2.05) is 18.2 Å². The van der Waals surface area contributed by atoms with Crippen molar-refractivity contribution in [1.29, 1.82) is 0 Å². The van der Waals surface area contributed by atoms with Crippen molar-refractivity contribution in [2.45, 2.75) is 19.3 Å². The molecule has 35 heavy (non-hydrogen) atoms. The number of rotatable bonds is 9. The van der Waals surface area contributed by atoms with Crippen LogP contribution in [0.15, 0.2) is 77.3 Å². The first-order chi connectivity index (χ1) is 17.0. The Morgan fingerprint density at radius 2 is 1.77 bits per heavy atom. The predicted octanol–water partition coefficient (Wildman–Crippen LogP) is 6.23. The maximum absolute atomic E-state index is 12.6. The molecule has 4 aromatic rings. The lowest BCUT2D eigenvalue weighted by Gasteiger charge is -2.13. The number of carbonyl (C=O) groups is 2. The van der Waals surface area contributed by atoms with Crippen LogP contribution < -0.4 is 15.4 Å². The van der Waals surface area contributed by atoms with Gasteiger partial charge < -0.3 is 25.0 Å². The van der Waals surface area contributed by atoms with Gasteiger partial charge >= 0.3 is 12.0 Å². The standard InChI is InChI=1S/C25H21ClN4O5/c26-17-11-14-20(21(15-17)34-19-5-2-1-3-6-19)28-25(33)27-18-12-9-16(10-13-18)24-29-22(35-30-24)7-4-8-23(31)32/h1-3,5-6,9-15H,4,7-8H2,(H,31,32)(H2,27,28,33). The number of aryl methyl sites for hydroxylation is 1. The molecule has 1 heterocycles. The van der Waals surface area contributed by atoms with E-state index < -0.39 is 12.0 Å². The first-order valence-electron chi connectivity index (χ1n) is 10.7. The van der Waals surface area contributed by atoms with Crippen molar-refractivity contribution in [3.63, 3.8) is 0 Å². The van der Waals surface area contributed by atoms with Crippen molar-refractivity contribution in [3.8, 4) is 22.9 Å². The van der Waals surface area contributed by atoms with Crippen molar-refractivity contribution in [3.05, 3.63) is 83.7 Å². The number of hydrogen-bond acceptors (Lipinski definition) is 6. The highest BCUT2D eigenvalue weighted by molar-refractivity contribution is 6.30. The molecule has 3 N–H and O–H groups in total. The number of nitrogens with one attached hydrogen (secondary N) is 2. The topological polar surface area (TPSA) is 127 Å². The Morgan fingerprint density at radius 1 is 1.00 bits per heavy atom. The number of aromatic nitrogens is 2. The van der Waals surface area contributed by atoms with Crippen LogP contribution in [-0.2, 0) is 11.2 Å². The van der Waals surface area contributed by atoms with Crippen LogP contribution in [0, 0.1) is 0 Å². The summed E-state index contributed by atoms with van der Waals surface area (Å²) in [6, 6.07) is 20.6. The Bertz CT molecular complexity index is 1310. The van der Waals surface area contributed by atoms with Crippen LogP contribution in [0.25, 0.3) is 11.4 Å². The molecule has 0 bridgehead atoms. The number of aliphatic carboxylic acids is 1. The van der Waals surface area contributed by atoms with Crippen molar-refractivity contribution >= 4 is 35.0 Å². The van der Waals surface area contributed by atoms with Crippen LogP contribution in [0.1, 0.15) is 18.7 Å². The smallest absolute Gasteiger partial charge is 0.323 e. The number of urea groups is 1. The molecular formula is C25H21ClN4O5. The van der Waals surface area contributed by atoms with Crippen LogP contribution in [-0.4, -0.2) is 27.2 Å². The normalized spacial score (nSPS) is 10.5. The van der Waals surface area contributed by atoms with Crippen LogP contribution in [0.5, 0.6) is 11.5 Å². The molecule has 0 saturated heterocycles. The van der Waals surface area contributed by atoms with E-state index >= 15 is 0 Å². The fourth-order valence-corrected chi connectivity index (χ4v) is 3.31. The van der Waals surface area contributed by atoms with Gasteiger partial charge in [0.05, 0.1) is 5.69 Å². The van der Waals surface area contributed by atoms with E-state index in [1.165, 1.54) is 0 Å². The number of hydrogen-bond donors (Lipinski definition) is 3. The number of nitrogens with zero attached hydrogens (tertiary/aromatic N) is 2. The summed E-state index contributed by atoms with van der Waals surface area (Å²) in [7, 11) is 0. The summed E-state index contributed by atoms with van der Waals surface area (Å²) in [6.45, 7) is 0. The van der Waals surface area contributed by atoms with Crippen LogP contribution in [0.3, 0.4) is 0 Å². The molecule has 2 amide bonds. The third-order valence-electron chi connectivity index (χ3n) is 4.81. The Hall–Kier alpha value is -4.37. The largest absolute Gasteiger partial charge is 0.481 e. The lowest BCUT2D eigenvalue weighted by molar-refractivity contribution is -0.137. The van der Waals surface area contributed by atoms with Gasteiger partial charge in [-0.15, -0.1) is 0 Å². The van der Waals surface area contributed by atoms with E-state index in [2.05, 4.69) is 20.8 Å². The number of ether oxygens (including phenoxy) is 1. The van der Waals surface area contributed by atoms with Gasteiger partial charge in [-0.05, 0) is 55.0 Å². The quantitative estimate of drug-likeness (QED) is 0.252. The molecule has 0 spiro atoms. The van der Waals surface area contributed by atoms with Gasteiger partial charge in [-0.25, -0.2) is 4.79 Å². The number of benzene rings is 3. The number of halogens is 1. The van der Waals surface area contributed by atoms with E-state index in [-0.39, 0.29) is 6.42 Å².